The number of amides is 1. The lowest BCUT2D eigenvalue weighted by Crippen LogP contribution is -2.30. The van der Waals surface area contributed by atoms with Gasteiger partial charge in [-0.25, -0.2) is 4.79 Å². The molecule has 0 bridgehead atoms. The summed E-state index contributed by atoms with van der Waals surface area (Å²) in [5.41, 5.74) is 4.60. The number of carbonyl (C=O) groups excluding carboxylic acids is 1. The van der Waals surface area contributed by atoms with Gasteiger partial charge in [0.15, 0.2) is 0 Å². The van der Waals surface area contributed by atoms with Crippen LogP contribution in [0.1, 0.15) is 23.6 Å². The number of hydrogen-bond acceptors (Lipinski definition) is 4. The SMILES string of the molecule is CCc1ccc2c(CSCC(=O)N3CCc4ccccc43)cc(=O)oc2c1. The number of aryl methyl sites for hydroxylation is 1. The highest BCUT2D eigenvalue weighted by Gasteiger charge is 2.23. The quantitative estimate of drug-likeness (QED) is 0.624. The first-order valence-electron chi connectivity index (χ1n) is 9.17. The van der Waals surface area contributed by atoms with E-state index in [0.717, 1.165) is 41.6 Å². The average molecular weight is 379 g/mol. The monoisotopic (exact) mass is 379 g/mol. The normalized spacial score (nSPS) is 13.1. The highest BCUT2D eigenvalue weighted by molar-refractivity contribution is 7.99. The Balaban J connectivity index is 1.46. The minimum Gasteiger partial charge on any atom is -0.423 e. The number of carbonyl (C=O) groups is 1. The zero-order valence-corrected chi connectivity index (χ0v) is 16.1. The molecule has 27 heavy (non-hydrogen) atoms. The van der Waals surface area contributed by atoms with Crippen LogP contribution in [0, 0.1) is 0 Å². The molecule has 1 amide bonds. The highest BCUT2D eigenvalue weighted by Crippen LogP contribution is 2.29. The van der Waals surface area contributed by atoms with Gasteiger partial charge in [0.1, 0.15) is 5.58 Å². The average Bonchev–Trinajstić information content (AvgIpc) is 3.11. The summed E-state index contributed by atoms with van der Waals surface area (Å²) in [7, 11) is 0. The number of benzene rings is 2. The van der Waals surface area contributed by atoms with Crippen LogP contribution in [0.25, 0.3) is 11.0 Å². The predicted octanol–water partition coefficient (Wildman–Crippen LogP) is 4.18. The van der Waals surface area contributed by atoms with E-state index in [-0.39, 0.29) is 11.5 Å². The van der Waals surface area contributed by atoms with E-state index in [1.54, 1.807) is 0 Å². The van der Waals surface area contributed by atoms with Crippen molar-refractivity contribution in [2.24, 2.45) is 0 Å². The van der Waals surface area contributed by atoms with Gasteiger partial charge < -0.3 is 9.32 Å². The standard InChI is InChI=1S/C22H21NO3S/c1-2-15-7-8-18-17(12-22(25)26-20(18)11-15)13-27-14-21(24)23-10-9-16-5-3-4-6-19(16)23/h3-8,11-12H,2,9-10,13-14H2,1H3. The predicted molar refractivity (Wildman–Crippen MR) is 111 cm³/mol. The maximum Gasteiger partial charge on any atom is 0.336 e. The van der Waals surface area contributed by atoms with Crippen molar-refractivity contribution in [1.82, 2.24) is 0 Å². The fourth-order valence-electron chi connectivity index (χ4n) is 3.54. The Labute approximate surface area is 162 Å². The Bertz CT molecular complexity index is 1060. The third-order valence-electron chi connectivity index (χ3n) is 4.97. The van der Waals surface area contributed by atoms with E-state index >= 15 is 0 Å². The second-order valence-electron chi connectivity index (χ2n) is 6.69. The van der Waals surface area contributed by atoms with E-state index in [1.807, 2.05) is 35.2 Å². The summed E-state index contributed by atoms with van der Waals surface area (Å²) in [6.45, 7) is 2.82. The molecule has 138 valence electrons. The number of hydrogen-bond donors (Lipinski definition) is 0. The second-order valence-corrected chi connectivity index (χ2v) is 7.68. The van der Waals surface area contributed by atoms with Crippen molar-refractivity contribution in [3.8, 4) is 0 Å². The Hall–Kier alpha value is -2.53. The number of para-hydroxylation sites is 1. The molecule has 1 aliphatic rings. The lowest BCUT2D eigenvalue weighted by atomic mass is 10.1. The zero-order valence-electron chi connectivity index (χ0n) is 15.2. The molecule has 0 saturated heterocycles. The number of anilines is 1. The Morgan fingerprint density at radius 1 is 1.19 bits per heavy atom. The smallest absolute Gasteiger partial charge is 0.336 e. The van der Waals surface area contributed by atoms with Crippen molar-refractivity contribution >= 4 is 34.3 Å². The summed E-state index contributed by atoms with van der Waals surface area (Å²) < 4.78 is 5.35. The molecule has 1 aromatic heterocycles. The fraction of sp³-hybridized carbons (Fsp3) is 0.273. The summed E-state index contributed by atoms with van der Waals surface area (Å²) in [5, 5.41) is 0.943. The summed E-state index contributed by atoms with van der Waals surface area (Å²) in [4.78, 5) is 26.4. The molecule has 1 aliphatic heterocycles. The first-order valence-corrected chi connectivity index (χ1v) is 10.3. The Morgan fingerprint density at radius 3 is 2.89 bits per heavy atom. The molecule has 0 spiro atoms. The molecule has 0 unspecified atom stereocenters. The van der Waals surface area contributed by atoms with Crippen LogP contribution in [0.4, 0.5) is 5.69 Å². The molecule has 0 N–H and O–H groups in total. The summed E-state index contributed by atoms with van der Waals surface area (Å²) in [5.74, 6) is 1.11. The topological polar surface area (TPSA) is 50.5 Å². The molecule has 0 radical (unpaired) electrons. The molecule has 0 fully saturated rings. The molecule has 0 aliphatic carbocycles. The maximum atomic E-state index is 12.6. The summed E-state index contributed by atoms with van der Waals surface area (Å²) in [6, 6.07) is 15.6. The van der Waals surface area contributed by atoms with E-state index in [0.29, 0.717) is 17.1 Å². The van der Waals surface area contributed by atoms with E-state index in [1.165, 1.54) is 23.4 Å². The molecule has 2 aromatic carbocycles. The minimum absolute atomic E-state index is 0.116. The number of thioether (sulfide) groups is 1. The van der Waals surface area contributed by atoms with Gasteiger partial charge in [-0.15, -0.1) is 11.8 Å². The number of nitrogens with zero attached hydrogens (tertiary/aromatic N) is 1. The van der Waals surface area contributed by atoms with Crippen LogP contribution in [0.3, 0.4) is 0 Å². The maximum absolute atomic E-state index is 12.6. The van der Waals surface area contributed by atoms with Crippen LogP contribution in [0.2, 0.25) is 0 Å². The zero-order chi connectivity index (χ0) is 18.8. The number of fused-ring (bicyclic) bond motifs is 2. The number of rotatable bonds is 5. The third-order valence-corrected chi connectivity index (χ3v) is 5.94. The molecule has 5 heteroatoms. The highest BCUT2D eigenvalue weighted by atomic mass is 32.2. The van der Waals surface area contributed by atoms with Gasteiger partial charge in [0.2, 0.25) is 5.91 Å². The van der Waals surface area contributed by atoms with Gasteiger partial charge >= 0.3 is 5.63 Å². The van der Waals surface area contributed by atoms with Gasteiger partial charge in [0.05, 0.1) is 5.75 Å². The van der Waals surface area contributed by atoms with E-state index in [4.69, 9.17) is 4.42 Å². The molecular formula is C22H21NO3S. The summed E-state index contributed by atoms with van der Waals surface area (Å²) >= 11 is 1.54. The largest absolute Gasteiger partial charge is 0.423 e. The Morgan fingerprint density at radius 2 is 2.04 bits per heavy atom. The molecule has 0 atom stereocenters. The van der Waals surface area contributed by atoms with Crippen molar-refractivity contribution in [3.63, 3.8) is 0 Å². The van der Waals surface area contributed by atoms with Crippen molar-refractivity contribution in [3.05, 3.63) is 75.6 Å². The lowest BCUT2D eigenvalue weighted by molar-refractivity contribution is -0.116. The van der Waals surface area contributed by atoms with Crippen LogP contribution in [0.15, 0.2) is 57.7 Å². The van der Waals surface area contributed by atoms with Gasteiger partial charge in [-0.05, 0) is 41.7 Å². The van der Waals surface area contributed by atoms with Gasteiger partial charge in [0, 0.05) is 29.4 Å². The summed E-state index contributed by atoms with van der Waals surface area (Å²) in [6.07, 6.45) is 1.81. The van der Waals surface area contributed by atoms with Crippen LogP contribution >= 0.6 is 11.8 Å². The molecule has 0 saturated carbocycles. The van der Waals surface area contributed by atoms with Gasteiger partial charge in [-0.1, -0.05) is 37.3 Å². The molecule has 4 nitrogen and oxygen atoms in total. The van der Waals surface area contributed by atoms with Crippen LogP contribution in [0.5, 0.6) is 0 Å². The third kappa shape index (κ3) is 3.65. The van der Waals surface area contributed by atoms with E-state index in [2.05, 4.69) is 19.1 Å². The van der Waals surface area contributed by atoms with E-state index < -0.39 is 0 Å². The van der Waals surface area contributed by atoms with Gasteiger partial charge in [-0.3, -0.25) is 4.79 Å². The van der Waals surface area contributed by atoms with Crippen LogP contribution in [-0.2, 0) is 23.4 Å². The first kappa shape index (κ1) is 17.9. The Kier molecular flexibility index (Phi) is 5.03. The van der Waals surface area contributed by atoms with Crippen molar-refractivity contribution in [2.45, 2.75) is 25.5 Å². The van der Waals surface area contributed by atoms with E-state index in [9.17, 15) is 9.59 Å². The fourth-order valence-corrected chi connectivity index (χ4v) is 4.43. The van der Waals surface area contributed by atoms with Gasteiger partial charge in [-0.2, -0.15) is 0 Å². The van der Waals surface area contributed by atoms with Crippen molar-refractivity contribution < 1.29 is 9.21 Å². The van der Waals surface area contributed by atoms with Gasteiger partial charge in [0.25, 0.3) is 0 Å². The minimum atomic E-state index is -0.342. The molecule has 3 aromatic rings. The van der Waals surface area contributed by atoms with Crippen molar-refractivity contribution in [2.75, 3.05) is 17.2 Å². The molecule has 2 heterocycles. The second kappa shape index (κ2) is 7.61. The molecule has 4 rings (SSSR count). The van der Waals surface area contributed by atoms with Crippen LogP contribution < -0.4 is 10.5 Å². The lowest BCUT2D eigenvalue weighted by Gasteiger charge is -2.17. The molecular weight excluding hydrogens is 358 g/mol. The van der Waals surface area contributed by atoms with Crippen LogP contribution in [-0.4, -0.2) is 18.2 Å². The first-order chi connectivity index (χ1) is 13.2. The van der Waals surface area contributed by atoms with Crippen molar-refractivity contribution in [1.29, 1.82) is 0 Å².